The molecule has 0 aromatic carbocycles. The minimum Gasteiger partial charge on any atom is -0.395 e. The van der Waals surface area contributed by atoms with E-state index in [9.17, 15) is 18.0 Å². The highest BCUT2D eigenvalue weighted by Gasteiger charge is 2.33. The zero-order valence-corrected chi connectivity index (χ0v) is 10.7. The molecule has 0 aliphatic rings. The molecule has 0 aliphatic heterocycles. The van der Waals surface area contributed by atoms with Crippen LogP contribution in [-0.4, -0.2) is 51.6 Å². The van der Waals surface area contributed by atoms with Crippen molar-refractivity contribution in [2.45, 2.75) is 19.5 Å². The molecule has 1 rings (SSSR count). The van der Waals surface area contributed by atoms with Gasteiger partial charge in [0.1, 0.15) is 12.2 Å². The quantitative estimate of drug-likeness (QED) is 0.874. The minimum absolute atomic E-state index is 0.0783. The number of rotatable bonds is 5. The number of alkyl halides is 3. The zero-order valence-electron chi connectivity index (χ0n) is 10.7. The Labute approximate surface area is 108 Å². The fourth-order valence-corrected chi connectivity index (χ4v) is 1.65. The van der Waals surface area contributed by atoms with Crippen LogP contribution in [0.25, 0.3) is 0 Å². The van der Waals surface area contributed by atoms with Crippen molar-refractivity contribution in [3.05, 3.63) is 17.5 Å². The van der Waals surface area contributed by atoms with E-state index in [0.717, 1.165) is 0 Å². The molecule has 1 heterocycles. The fourth-order valence-electron chi connectivity index (χ4n) is 1.65. The summed E-state index contributed by atoms with van der Waals surface area (Å²) < 4.78 is 38.4. The van der Waals surface area contributed by atoms with Gasteiger partial charge in [0.15, 0.2) is 0 Å². The zero-order chi connectivity index (χ0) is 14.6. The molecule has 1 aromatic rings. The van der Waals surface area contributed by atoms with Crippen molar-refractivity contribution in [1.29, 1.82) is 0 Å². The highest BCUT2D eigenvalue weighted by molar-refractivity contribution is 5.92. The van der Waals surface area contributed by atoms with E-state index < -0.39 is 25.2 Å². The molecule has 5 nitrogen and oxygen atoms in total. The first-order valence-corrected chi connectivity index (χ1v) is 5.78. The SMILES string of the molecule is CCc1cc(C(=O)N(CCO)CC(F)(F)F)n(C)n1. The van der Waals surface area contributed by atoms with Crippen LogP contribution in [0.4, 0.5) is 13.2 Å². The van der Waals surface area contributed by atoms with Crippen molar-refractivity contribution in [3.8, 4) is 0 Å². The van der Waals surface area contributed by atoms with Gasteiger partial charge in [0.05, 0.1) is 12.3 Å². The van der Waals surface area contributed by atoms with Crippen LogP contribution in [0, 0.1) is 0 Å². The third-order valence-electron chi connectivity index (χ3n) is 2.54. The fraction of sp³-hybridized carbons (Fsp3) is 0.636. The molecule has 0 unspecified atom stereocenters. The molecule has 0 aliphatic carbocycles. The number of carbonyl (C=O) groups excluding carboxylic acids is 1. The number of aliphatic hydroxyl groups is 1. The van der Waals surface area contributed by atoms with Crippen molar-refractivity contribution < 1.29 is 23.1 Å². The van der Waals surface area contributed by atoms with E-state index in [1.807, 2.05) is 6.92 Å². The maximum Gasteiger partial charge on any atom is 0.406 e. The third kappa shape index (κ3) is 4.23. The second kappa shape index (κ2) is 6.05. The summed E-state index contributed by atoms with van der Waals surface area (Å²) in [5, 5.41) is 12.8. The number of hydrogen-bond donors (Lipinski definition) is 1. The van der Waals surface area contributed by atoms with Crippen LogP contribution in [0.2, 0.25) is 0 Å². The van der Waals surface area contributed by atoms with Gasteiger partial charge in [-0.25, -0.2) is 0 Å². The molecule has 19 heavy (non-hydrogen) atoms. The summed E-state index contributed by atoms with van der Waals surface area (Å²) in [6.07, 6.45) is -3.92. The summed E-state index contributed by atoms with van der Waals surface area (Å²) in [6, 6.07) is 1.46. The van der Waals surface area contributed by atoms with Gasteiger partial charge in [-0.3, -0.25) is 9.48 Å². The molecule has 1 amide bonds. The summed E-state index contributed by atoms with van der Waals surface area (Å²) in [6.45, 7) is -0.456. The lowest BCUT2D eigenvalue weighted by molar-refractivity contribution is -0.141. The van der Waals surface area contributed by atoms with Crippen molar-refractivity contribution in [2.75, 3.05) is 19.7 Å². The molecular formula is C11H16F3N3O2. The largest absolute Gasteiger partial charge is 0.406 e. The first-order chi connectivity index (χ1) is 8.78. The minimum atomic E-state index is -4.50. The van der Waals surface area contributed by atoms with Crippen molar-refractivity contribution in [2.24, 2.45) is 7.05 Å². The van der Waals surface area contributed by atoms with Gasteiger partial charge in [-0.2, -0.15) is 18.3 Å². The van der Waals surface area contributed by atoms with Gasteiger partial charge < -0.3 is 10.0 Å². The number of amides is 1. The van der Waals surface area contributed by atoms with E-state index >= 15 is 0 Å². The number of halogens is 3. The standard InChI is InChI=1S/C11H16F3N3O2/c1-3-8-6-9(16(2)15-8)10(19)17(4-5-18)7-11(12,13)14/h6,18H,3-5,7H2,1-2H3. The summed E-state index contributed by atoms with van der Waals surface area (Å²) >= 11 is 0. The molecular weight excluding hydrogens is 263 g/mol. The smallest absolute Gasteiger partial charge is 0.395 e. The maximum atomic E-state index is 12.4. The topological polar surface area (TPSA) is 58.4 Å². The van der Waals surface area contributed by atoms with Crippen molar-refractivity contribution >= 4 is 5.91 Å². The van der Waals surface area contributed by atoms with Crippen molar-refractivity contribution in [1.82, 2.24) is 14.7 Å². The molecule has 108 valence electrons. The van der Waals surface area contributed by atoms with E-state index in [2.05, 4.69) is 5.10 Å². The summed E-state index contributed by atoms with van der Waals surface area (Å²) in [4.78, 5) is 12.6. The summed E-state index contributed by atoms with van der Waals surface area (Å²) in [5.41, 5.74) is 0.705. The van der Waals surface area contributed by atoms with E-state index in [1.165, 1.54) is 17.8 Å². The Balaban J connectivity index is 2.95. The molecule has 0 saturated carbocycles. The highest BCUT2D eigenvalue weighted by atomic mass is 19.4. The van der Waals surface area contributed by atoms with E-state index in [4.69, 9.17) is 5.11 Å². The van der Waals surface area contributed by atoms with E-state index in [1.54, 1.807) is 0 Å². The number of carbonyl (C=O) groups is 1. The second-order valence-electron chi connectivity index (χ2n) is 4.06. The Morgan fingerprint density at radius 3 is 2.58 bits per heavy atom. The molecule has 1 N–H and O–H groups in total. The lowest BCUT2D eigenvalue weighted by Gasteiger charge is -2.22. The van der Waals surface area contributed by atoms with Crippen molar-refractivity contribution in [3.63, 3.8) is 0 Å². The van der Waals surface area contributed by atoms with Gasteiger partial charge in [0, 0.05) is 13.6 Å². The Morgan fingerprint density at radius 1 is 1.53 bits per heavy atom. The summed E-state index contributed by atoms with van der Waals surface area (Å²) in [7, 11) is 1.50. The number of aromatic nitrogens is 2. The highest BCUT2D eigenvalue weighted by Crippen LogP contribution is 2.18. The van der Waals surface area contributed by atoms with Gasteiger partial charge in [0.2, 0.25) is 0 Å². The van der Waals surface area contributed by atoms with Crippen LogP contribution in [-0.2, 0) is 13.5 Å². The first-order valence-electron chi connectivity index (χ1n) is 5.78. The Bertz CT molecular complexity index is 443. The van der Waals surface area contributed by atoms with Crippen LogP contribution >= 0.6 is 0 Å². The van der Waals surface area contributed by atoms with Crippen LogP contribution < -0.4 is 0 Å². The van der Waals surface area contributed by atoms with Gasteiger partial charge >= 0.3 is 6.18 Å². The van der Waals surface area contributed by atoms with Crippen LogP contribution in [0.15, 0.2) is 6.07 Å². The Kier molecular flexibility index (Phi) is 4.93. The van der Waals surface area contributed by atoms with Crippen LogP contribution in [0.1, 0.15) is 23.1 Å². The molecule has 1 aromatic heterocycles. The molecule has 0 spiro atoms. The number of nitrogens with zero attached hydrogens (tertiary/aromatic N) is 3. The van der Waals surface area contributed by atoms with E-state index in [0.29, 0.717) is 17.0 Å². The third-order valence-corrected chi connectivity index (χ3v) is 2.54. The van der Waals surface area contributed by atoms with Gasteiger partial charge in [-0.05, 0) is 12.5 Å². The van der Waals surface area contributed by atoms with Gasteiger partial charge in [0.25, 0.3) is 5.91 Å². The lowest BCUT2D eigenvalue weighted by Crippen LogP contribution is -2.41. The lowest BCUT2D eigenvalue weighted by atomic mass is 10.2. The van der Waals surface area contributed by atoms with Gasteiger partial charge in [-0.15, -0.1) is 0 Å². The average Bonchev–Trinajstić information content (AvgIpc) is 2.67. The predicted octanol–water partition coefficient (Wildman–Crippen LogP) is 0.979. The average molecular weight is 279 g/mol. The predicted molar refractivity (Wildman–Crippen MR) is 61.6 cm³/mol. The Morgan fingerprint density at radius 2 is 2.16 bits per heavy atom. The molecule has 8 heteroatoms. The number of hydrogen-bond acceptors (Lipinski definition) is 3. The monoisotopic (exact) mass is 279 g/mol. The Hall–Kier alpha value is -1.57. The molecule has 0 saturated heterocycles. The normalized spacial score (nSPS) is 11.7. The number of aryl methyl sites for hydroxylation is 2. The second-order valence-corrected chi connectivity index (χ2v) is 4.06. The van der Waals surface area contributed by atoms with Gasteiger partial charge in [-0.1, -0.05) is 6.92 Å². The molecule has 0 bridgehead atoms. The van der Waals surface area contributed by atoms with Crippen LogP contribution in [0.3, 0.4) is 0 Å². The molecule has 0 atom stereocenters. The summed E-state index contributed by atoms with van der Waals surface area (Å²) in [5.74, 6) is -0.791. The number of aliphatic hydroxyl groups excluding tert-OH is 1. The molecule has 0 fully saturated rings. The molecule has 0 radical (unpaired) electrons. The van der Waals surface area contributed by atoms with Crippen LogP contribution in [0.5, 0.6) is 0 Å². The van der Waals surface area contributed by atoms with E-state index in [-0.39, 0.29) is 12.2 Å². The maximum absolute atomic E-state index is 12.4. The first kappa shape index (κ1) is 15.5.